The standard InChI is InChI=1S/C24H26N2O3/c1-16(8-2-7-13-23(28)26-21-12-6-5-11-20(21)25)24(29)19-14-15-22(27)18-10-4-3-9-17(18)19/h3-7,9-16,24,27,29H,2,8,25H2,1H3,(H,26,28)/b13-7+/t16-,24-/m1/s1. The topological polar surface area (TPSA) is 95.6 Å². The van der Waals surface area contributed by atoms with Crippen LogP contribution in [0.1, 0.15) is 31.4 Å². The van der Waals surface area contributed by atoms with Crippen molar-refractivity contribution in [1.82, 2.24) is 0 Å². The summed E-state index contributed by atoms with van der Waals surface area (Å²) in [5.74, 6) is -0.0433. The van der Waals surface area contributed by atoms with Crippen molar-refractivity contribution in [1.29, 1.82) is 0 Å². The quantitative estimate of drug-likeness (QED) is 0.345. The molecule has 5 N–H and O–H groups in total. The number of nitrogens with two attached hydrogens (primary N) is 1. The van der Waals surface area contributed by atoms with Gasteiger partial charge in [0.25, 0.3) is 0 Å². The largest absolute Gasteiger partial charge is 0.507 e. The van der Waals surface area contributed by atoms with Gasteiger partial charge in [-0.05, 0) is 54.0 Å². The number of nitrogen functional groups attached to an aromatic ring is 1. The molecule has 2 atom stereocenters. The van der Waals surface area contributed by atoms with Crippen LogP contribution in [0.2, 0.25) is 0 Å². The van der Waals surface area contributed by atoms with Crippen molar-refractivity contribution in [2.75, 3.05) is 11.1 Å². The number of phenols is 1. The predicted octanol–water partition coefficient (Wildman–Crippen LogP) is 4.77. The summed E-state index contributed by atoms with van der Waals surface area (Å²) in [7, 11) is 0. The maximum atomic E-state index is 12.0. The highest BCUT2D eigenvalue weighted by Crippen LogP contribution is 2.34. The van der Waals surface area contributed by atoms with Crippen molar-refractivity contribution in [3.05, 3.63) is 78.4 Å². The lowest BCUT2D eigenvalue weighted by atomic mass is 9.90. The zero-order valence-electron chi connectivity index (χ0n) is 16.4. The zero-order chi connectivity index (χ0) is 20.8. The van der Waals surface area contributed by atoms with Gasteiger partial charge in [0, 0.05) is 5.39 Å². The molecule has 0 saturated carbocycles. The van der Waals surface area contributed by atoms with Gasteiger partial charge >= 0.3 is 0 Å². The first-order valence-electron chi connectivity index (χ1n) is 9.68. The Hall–Kier alpha value is -3.31. The van der Waals surface area contributed by atoms with Crippen LogP contribution in [0, 0.1) is 5.92 Å². The van der Waals surface area contributed by atoms with Crippen LogP contribution in [-0.2, 0) is 4.79 Å². The van der Waals surface area contributed by atoms with Crippen LogP contribution in [0.5, 0.6) is 5.75 Å². The molecule has 3 rings (SSSR count). The molecular formula is C24H26N2O3. The van der Waals surface area contributed by atoms with E-state index in [1.807, 2.05) is 43.3 Å². The molecule has 3 aromatic carbocycles. The molecule has 0 saturated heterocycles. The average molecular weight is 390 g/mol. The summed E-state index contributed by atoms with van der Waals surface area (Å²) in [6.45, 7) is 1.98. The molecule has 0 aliphatic carbocycles. The molecule has 0 aromatic heterocycles. The number of fused-ring (bicyclic) bond motifs is 1. The first kappa shape index (κ1) is 20.4. The summed E-state index contributed by atoms with van der Waals surface area (Å²) < 4.78 is 0. The van der Waals surface area contributed by atoms with Gasteiger partial charge in [-0.2, -0.15) is 0 Å². The van der Waals surface area contributed by atoms with E-state index >= 15 is 0 Å². The van der Waals surface area contributed by atoms with Gasteiger partial charge in [-0.15, -0.1) is 0 Å². The maximum Gasteiger partial charge on any atom is 0.248 e. The predicted molar refractivity (Wildman–Crippen MR) is 118 cm³/mol. The van der Waals surface area contributed by atoms with Crippen LogP contribution in [0.15, 0.2) is 72.8 Å². The Morgan fingerprint density at radius 3 is 2.52 bits per heavy atom. The smallest absolute Gasteiger partial charge is 0.248 e. The van der Waals surface area contributed by atoms with Crippen molar-refractivity contribution in [3.8, 4) is 5.75 Å². The van der Waals surface area contributed by atoms with Crippen molar-refractivity contribution < 1.29 is 15.0 Å². The van der Waals surface area contributed by atoms with E-state index in [-0.39, 0.29) is 17.6 Å². The molecule has 0 aliphatic rings. The number of nitrogens with one attached hydrogen (secondary N) is 1. The number of aliphatic hydroxyl groups is 1. The van der Waals surface area contributed by atoms with Crippen LogP contribution < -0.4 is 11.1 Å². The van der Waals surface area contributed by atoms with Gasteiger partial charge in [-0.3, -0.25) is 4.79 Å². The first-order valence-corrected chi connectivity index (χ1v) is 9.68. The molecule has 29 heavy (non-hydrogen) atoms. The lowest BCUT2D eigenvalue weighted by Gasteiger charge is -2.20. The highest BCUT2D eigenvalue weighted by Gasteiger charge is 2.19. The van der Waals surface area contributed by atoms with Crippen molar-refractivity contribution in [2.45, 2.75) is 25.9 Å². The van der Waals surface area contributed by atoms with Crippen molar-refractivity contribution in [2.24, 2.45) is 5.92 Å². The lowest BCUT2D eigenvalue weighted by molar-refractivity contribution is -0.111. The molecule has 150 valence electrons. The monoisotopic (exact) mass is 390 g/mol. The van der Waals surface area contributed by atoms with E-state index < -0.39 is 6.10 Å². The minimum atomic E-state index is -0.660. The van der Waals surface area contributed by atoms with E-state index in [9.17, 15) is 15.0 Å². The minimum absolute atomic E-state index is 0.0135. The number of aromatic hydroxyl groups is 1. The van der Waals surface area contributed by atoms with Crippen LogP contribution in [0.25, 0.3) is 10.8 Å². The van der Waals surface area contributed by atoms with Gasteiger partial charge in [-0.1, -0.05) is 55.5 Å². The first-order chi connectivity index (χ1) is 14.0. The fourth-order valence-corrected chi connectivity index (χ4v) is 3.36. The van der Waals surface area contributed by atoms with E-state index in [0.717, 1.165) is 16.3 Å². The summed E-state index contributed by atoms with van der Waals surface area (Å²) in [6.07, 6.45) is 4.00. The Bertz CT molecular complexity index is 1030. The number of carbonyl (C=O) groups excluding carboxylic acids is 1. The third-order valence-electron chi connectivity index (χ3n) is 5.07. The third-order valence-corrected chi connectivity index (χ3v) is 5.07. The summed E-state index contributed by atoms with van der Waals surface area (Å²) in [4.78, 5) is 12.0. The fourth-order valence-electron chi connectivity index (χ4n) is 3.36. The van der Waals surface area contributed by atoms with Crippen LogP contribution in [-0.4, -0.2) is 16.1 Å². The van der Waals surface area contributed by atoms with Crippen molar-refractivity contribution >= 4 is 28.1 Å². The normalized spacial score (nSPS) is 13.4. The summed E-state index contributed by atoms with van der Waals surface area (Å²) in [5.41, 5.74) is 7.73. The SMILES string of the molecule is C[C@H](CC/C=C/C(=O)Nc1ccccc1N)[C@@H](O)c1ccc(O)c2ccccc12. The average Bonchev–Trinajstić information content (AvgIpc) is 2.73. The lowest BCUT2D eigenvalue weighted by Crippen LogP contribution is -2.10. The van der Waals surface area contributed by atoms with E-state index in [0.29, 0.717) is 24.2 Å². The third kappa shape index (κ3) is 4.95. The van der Waals surface area contributed by atoms with E-state index in [4.69, 9.17) is 5.73 Å². The Morgan fingerprint density at radius 2 is 1.76 bits per heavy atom. The van der Waals surface area contributed by atoms with Gasteiger partial charge < -0.3 is 21.3 Å². The number of amides is 1. The number of benzene rings is 3. The van der Waals surface area contributed by atoms with Gasteiger partial charge in [0.05, 0.1) is 17.5 Å². The molecule has 5 nitrogen and oxygen atoms in total. The summed E-state index contributed by atoms with van der Waals surface area (Å²) >= 11 is 0. The Labute approximate surface area is 170 Å². The van der Waals surface area contributed by atoms with E-state index in [2.05, 4.69) is 5.32 Å². The second-order valence-corrected chi connectivity index (χ2v) is 7.20. The molecule has 3 aromatic rings. The highest BCUT2D eigenvalue weighted by atomic mass is 16.3. The Balaban J connectivity index is 1.57. The number of phenolic OH excluding ortho intramolecular Hbond substituents is 1. The summed E-state index contributed by atoms with van der Waals surface area (Å²) in [6, 6.07) is 18.0. The highest BCUT2D eigenvalue weighted by molar-refractivity contribution is 6.01. The maximum absolute atomic E-state index is 12.0. The van der Waals surface area contributed by atoms with Gasteiger partial charge in [-0.25, -0.2) is 0 Å². The molecule has 0 bridgehead atoms. The number of hydrogen-bond acceptors (Lipinski definition) is 4. The number of allylic oxidation sites excluding steroid dienone is 1. The zero-order valence-corrected chi connectivity index (χ0v) is 16.4. The number of para-hydroxylation sites is 2. The fraction of sp³-hybridized carbons (Fsp3) is 0.208. The molecule has 0 aliphatic heterocycles. The Morgan fingerprint density at radius 1 is 1.07 bits per heavy atom. The van der Waals surface area contributed by atoms with Gasteiger partial charge in [0.2, 0.25) is 5.91 Å². The van der Waals surface area contributed by atoms with E-state index in [1.165, 1.54) is 6.08 Å². The van der Waals surface area contributed by atoms with E-state index in [1.54, 1.807) is 30.3 Å². The van der Waals surface area contributed by atoms with Crippen LogP contribution in [0.3, 0.4) is 0 Å². The second kappa shape index (κ2) is 9.26. The number of hydrogen-bond donors (Lipinski definition) is 4. The number of anilines is 2. The molecule has 5 heteroatoms. The number of rotatable bonds is 7. The summed E-state index contributed by atoms with van der Waals surface area (Å²) in [5, 5.41) is 25.2. The molecule has 0 fully saturated rings. The number of carbonyl (C=O) groups is 1. The molecule has 0 radical (unpaired) electrons. The van der Waals surface area contributed by atoms with Crippen molar-refractivity contribution in [3.63, 3.8) is 0 Å². The number of aliphatic hydroxyl groups excluding tert-OH is 1. The molecule has 0 heterocycles. The minimum Gasteiger partial charge on any atom is -0.507 e. The Kier molecular flexibility index (Phi) is 6.52. The van der Waals surface area contributed by atoms with Crippen LogP contribution >= 0.6 is 0 Å². The van der Waals surface area contributed by atoms with Gasteiger partial charge in [0.15, 0.2) is 0 Å². The molecular weight excluding hydrogens is 364 g/mol. The molecule has 0 unspecified atom stereocenters. The van der Waals surface area contributed by atoms with Crippen LogP contribution in [0.4, 0.5) is 11.4 Å². The molecule has 0 spiro atoms. The second-order valence-electron chi connectivity index (χ2n) is 7.20. The van der Waals surface area contributed by atoms with Gasteiger partial charge in [0.1, 0.15) is 5.75 Å². The molecule has 1 amide bonds.